The van der Waals surface area contributed by atoms with Crippen molar-refractivity contribution in [2.24, 2.45) is 11.7 Å². The van der Waals surface area contributed by atoms with Gasteiger partial charge in [-0.3, -0.25) is 0 Å². The van der Waals surface area contributed by atoms with Crippen molar-refractivity contribution in [3.8, 4) is 0 Å². The van der Waals surface area contributed by atoms with E-state index in [0.29, 0.717) is 0 Å². The molecule has 2 heterocycles. The number of nitrogens with two attached hydrogens (primary N) is 1. The molecule has 0 radical (unpaired) electrons. The molecule has 2 fully saturated rings. The molecule has 2 nitrogen and oxygen atoms in total. The van der Waals surface area contributed by atoms with Gasteiger partial charge in [0.15, 0.2) is 0 Å². The van der Waals surface area contributed by atoms with Crippen molar-refractivity contribution >= 4 is 24.2 Å². The van der Waals surface area contributed by atoms with Gasteiger partial charge in [0.1, 0.15) is 0 Å². The highest BCUT2D eigenvalue weighted by Crippen LogP contribution is 2.26. The van der Waals surface area contributed by atoms with Gasteiger partial charge in [-0.2, -0.15) is 11.8 Å². The second kappa shape index (κ2) is 5.76. The third-order valence-corrected chi connectivity index (χ3v) is 4.77. The molecule has 0 spiro atoms. The van der Waals surface area contributed by atoms with Gasteiger partial charge in [-0.1, -0.05) is 0 Å². The fraction of sp³-hybridized carbons (Fsp3) is 1.00. The molecule has 0 aromatic carbocycles. The minimum atomic E-state index is 0. The van der Waals surface area contributed by atoms with Gasteiger partial charge in [-0.25, -0.2) is 0 Å². The highest BCUT2D eigenvalue weighted by atomic mass is 35.5. The summed E-state index contributed by atoms with van der Waals surface area (Å²) >= 11 is 2.12. The minimum absolute atomic E-state index is 0. The molecular weight excluding hydrogens is 228 g/mol. The van der Waals surface area contributed by atoms with Crippen LogP contribution in [0.15, 0.2) is 0 Å². The van der Waals surface area contributed by atoms with Crippen molar-refractivity contribution in [1.82, 2.24) is 4.90 Å². The van der Waals surface area contributed by atoms with Crippen molar-refractivity contribution in [3.63, 3.8) is 0 Å². The first-order valence-electron chi connectivity index (χ1n) is 5.75. The van der Waals surface area contributed by atoms with Crippen LogP contribution in [0.25, 0.3) is 0 Å². The summed E-state index contributed by atoms with van der Waals surface area (Å²) in [6, 6.07) is 0. The second-order valence-corrected chi connectivity index (χ2v) is 6.33. The van der Waals surface area contributed by atoms with E-state index >= 15 is 0 Å². The summed E-state index contributed by atoms with van der Waals surface area (Å²) < 4.78 is 0. The van der Waals surface area contributed by atoms with E-state index in [9.17, 15) is 0 Å². The Hall–Kier alpha value is 0.560. The van der Waals surface area contributed by atoms with E-state index in [1.165, 1.54) is 50.4 Å². The van der Waals surface area contributed by atoms with Gasteiger partial charge >= 0.3 is 0 Å². The molecule has 15 heavy (non-hydrogen) atoms. The van der Waals surface area contributed by atoms with Crippen LogP contribution in [-0.2, 0) is 0 Å². The van der Waals surface area contributed by atoms with E-state index in [-0.39, 0.29) is 17.9 Å². The van der Waals surface area contributed by atoms with Gasteiger partial charge in [-0.15, -0.1) is 12.4 Å². The molecule has 0 aromatic heterocycles. The Labute approximate surface area is 104 Å². The van der Waals surface area contributed by atoms with E-state index in [1.54, 1.807) is 0 Å². The molecule has 0 bridgehead atoms. The number of thioether (sulfide) groups is 1. The van der Waals surface area contributed by atoms with Gasteiger partial charge in [0.2, 0.25) is 0 Å². The number of rotatable bonds is 2. The van der Waals surface area contributed by atoms with Crippen LogP contribution in [0.2, 0.25) is 0 Å². The summed E-state index contributed by atoms with van der Waals surface area (Å²) in [4.78, 5) is 2.62. The molecule has 0 amide bonds. The summed E-state index contributed by atoms with van der Waals surface area (Å²) in [6.07, 6.45) is 3.78. The SMILES string of the molecule is CC1(N)CCN(CC2CCSC2)CC1.Cl. The molecule has 2 saturated heterocycles. The monoisotopic (exact) mass is 250 g/mol. The Bertz CT molecular complexity index is 183. The standard InChI is InChI=1S/C11H22N2S.ClH/c1-11(12)3-5-13(6-4-11)8-10-2-7-14-9-10;/h10H,2-9,12H2,1H3;1H. The van der Waals surface area contributed by atoms with Crippen LogP contribution < -0.4 is 5.73 Å². The van der Waals surface area contributed by atoms with Gasteiger partial charge in [0.05, 0.1) is 0 Å². The van der Waals surface area contributed by atoms with Crippen molar-refractivity contribution < 1.29 is 0 Å². The molecule has 2 aliphatic heterocycles. The molecule has 0 aliphatic carbocycles. The first-order chi connectivity index (χ1) is 6.66. The van der Waals surface area contributed by atoms with Crippen molar-refractivity contribution in [2.45, 2.75) is 31.7 Å². The molecule has 1 atom stereocenters. The summed E-state index contributed by atoms with van der Waals surface area (Å²) in [7, 11) is 0. The van der Waals surface area contributed by atoms with Gasteiger partial charge in [0.25, 0.3) is 0 Å². The average molecular weight is 251 g/mol. The topological polar surface area (TPSA) is 29.3 Å². The molecule has 1 unspecified atom stereocenters. The Morgan fingerprint density at radius 3 is 2.60 bits per heavy atom. The Balaban J connectivity index is 0.00000112. The third-order valence-electron chi connectivity index (χ3n) is 3.54. The number of likely N-dealkylation sites (tertiary alicyclic amines) is 1. The Morgan fingerprint density at radius 1 is 1.40 bits per heavy atom. The van der Waals surface area contributed by atoms with Gasteiger partial charge < -0.3 is 10.6 Å². The predicted octanol–water partition coefficient (Wildman–Crippen LogP) is 1.97. The number of hydrogen-bond donors (Lipinski definition) is 1. The largest absolute Gasteiger partial charge is 0.325 e. The zero-order valence-corrected chi connectivity index (χ0v) is 11.2. The van der Waals surface area contributed by atoms with Crippen LogP contribution in [0, 0.1) is 5.92 Å². The molecule has 4 heteroatoms. The van der Waals surface area contributed by atoms with Crippen molar-refractivity contribution in [1.29, 1.82) is 0 Å². The van der Waals surface area contributed by atoms with Gasteiger partial charge in [-0.05, 0) is 56.7 Å². The summed E-state index contributed by atoms with van der Waals surface area (Å²) in [5.41, 5.74) is 6.23. The van der Waals surface area contributed by atoms with Crippen molar-refractivity contribution in [2.75, 3.05) is 31.1 Å². The van der Waals surface area contributed by atoms with Crippen LogP contribution in [0.3, 0.4) is 0 Å². The predicted molar refractivity (Wildman–Crippen MR) is 70.9 cm³/mol. The number of hydrogen-bond acceptors (Lipinski definition) is 3. The summed E-state index contributed by atoms with van der Waals surface area (Å²) in [5.74, 6) is 3.73. The first-order valence-corrected chi connectivity index (χ1v) is 6.90. The fourth-order valence-electron chi connectivity index (χ4n) is 2.34. The van der Waals surface area contributed by atoms with Crippen LogP contribution in [-0.4, -0.2) is 41.6 Å². The van der Waals surface area contributed by atoms with E-state index in [0.717, 1.165) is 5.92 Å². The number of piperidine rings is 1. The maximum atomic E-state index is 6.12. The van der Waals surface area contributed by atoms with E-state index in [1.807, 2.05) is 0 Å². The molecular formula is C11H23ClN2S. The zero-order chi connectivity index (χ0) is 10.0. The normalized spacial score (nSPS) is 31.2. The van der Waals surface area contributed by atoms with Crippen LogP contribution >= 0.6 is 24.2 Å². The van der Waals surface area contributed by atoms with Crippen molar-refractivity contribution in [3.05, 3.63) is 0 Å². The van der Waals surface area contributed by atoms with E-state index in [4.69, 9.17) is 5.73 Å². The van der Waals surface area contributed by atoms with E-state index in [2.05, 4.69) is 23.6 Å². The zero-order valence-electron chi connectivity index (χ0n) is 9.58. The van der Waals surface area contributed by atoms with E-state index < -0.39 is 0 Å². The quantitative estimate of drug-likeness (QED) is 0.813. The molecule has 0 aromatic rings. The maximum absolute atomic E-state index is 6.12. The lowest BCUT2D eigenvalue weighted by Gasteiger charge is -2.37. The second-order valence-electron chi connectivity index (χ2n) is 5.18. The van der Waals surface area contributed by atoms with Crippen LogP contribution in [0.1, 0.15) is 26.2 Å². The Kier molecular flexibility index (Phi) is 5.23. The average Bonchev–Trinajstić information content (AvgIpc) is 2.61. The lowest BCUT2D eigenvalue weighted by molar-refractivity contribution is 0.155. The fourth-order valence-corrected chi connectivity index (χ4v) is 3.61. The molecule has 2 rings (SSSR count). The maximum Gasteiger partial charge on any atom is 0.0150 e. The summed E-state index contributed by atoms with van der Waals surface area (Å²) in [5, 5.41) is 0. The third kappa shape index (κ3) is 4.14. The lowest BCUT2D eigenvalue weighted by Crippen LogP contribution is -2.49. The lowest BCUT2D eigenvalue weighted by atomic mass is 9.90. The molecule has 0 saturated carbocycles. The highest BCUT2D eigenvalue weighted by molar-refractivity contribution is 7.99. The highest BCUT2D eigenvalue weighted by Gasteiger charge is 2.27. The summed E-state index contributed by atoms with van der Waals surface area (Å²) in [6.45, 7) is 5.95. The minimum Gasteiger partial charge on any atom is -0.325 e. The molecule has 2 aliphatic rings. The molecule has 2 N–H and O–H groups in total. The van der Waals surface area contributed by atoms with Crippen LogP contribution in [0.4, 0.5) is 0 Å². The smallest absolute Gasteiger partial charge is 0.0150 e. The molecule has 90 valence electrons. The van der Waals surface area contributed by atoms with Gasteiger partial charge in [0, 0.05) is 12.1 Å². The Morgan fingerprint density at radius 2 is 2.07 bits per heavy atom. The first kappa shape index (κ1) is 13.6. The van der Waals surface area contributed by atoms with Crippen LogP contribution in [0.5, 0.6) is 0 Å². The number of halogens is 1. The number of nitrogens with zero attached hydrogens (tertiary/aromatic N) is 1.